The molecule has 0 aromatic heterocycles. The van der Waals surface area contributed by atoms with Crippen molar-refractivity contribution in [2.24, 2.45) is 51.8 Å². The molecule has 0 spiro atoms. The van der Waals surface area contributed by atoms with E-state index in [0.717, 1.165) is 25.7 Å². The third-order valence-electron chi connectivity index (χ3n) is 14.9. The Balaban J connectivity index is 0.000000559. The summed E-state index contributed by atoms with van der Waals surface area (Å²) in [6, 6.07) is -0.432. The molecule has 0 aliphatic heterocycles. The highest BCUT2D eigenvalue weighted by Crippen LogP contribution is 2.48. The molecule has 0 aromatic carbocycles. The van der Waals surface area contributed by atoms with Gasteiger partial charge < -0.3 is 65.7 Å². The Morgan fingerprint density at radius 1 is 0.514 bits per heavy atom. The molecule has 0 amide bonds. The van der Waals surface area contributed by atoms with Crippen molar-refractivity contribution in [2.45, 2.75) is 189 Å². The van der Waals surface area contributed by atoms with E-state index in [-0.39, 0.29) is 63.1 Å². The van der Waals surface area contributed by atoms with E-state index in [1.807, 2.05) is 27.7 Å². The SMILES string of the molecule is CCC(C)(C)C(=O)OCC(O)CCC(=O)C1C(C(=O)O)C(C(=O)O)C1C(=O)O.CCC(C)(C)C(=O)OCC(O)CNC(CC1CCCCC1)C(=O)O.CCC(C)(C)C(=O)OCC(O)CNC1CCC(C(=O)O)CC1. The van der Waals surface area contributed by atoms with Crippen LogP contribution >= 0.6 is 0 Å². The van der Waals surface area contributed by atoms with Crippen molar-refractivity contribution in [3.05, 3.63) is 0 Å². The Labute approximate surface area is 435 Å². The molecular weight excluding hydrogens is 973 g/mol. The smallest absolute Gasteiger partial charge is 0.320 e. The maximum atomic E-state index is 12.3. The van der Waals surface area contributed by atoms with Gasteiger partial charge in [0.2, 0.25) is 0 Å². The number of ether oxygens (including phenoxy) is 3. The maximum absolute atomic E-state index is 12.3. The number of aliphatic carboxylic acids is 5. The zero-order valence-electron chi connectivity index (χ0n) is 45.0. The first kappa shape index (κ1) is 67.2. The summed E-state index contributed by atoms with van der Waals surface area (Å²) in [4.78, 5) is 104. The average molecular weight is 1060 g/mol. The Hall–Kier alpha value is -4.77. The predicted molar refractivity (Wildman–Crippen MR) is 266 cm³/mol. The van der Waals surface area contributed by atoms with Crippen LogP contribution in [-0.4, -0.2) is 158 Å². The lowest BCUT2D eigenvalue weighted by Gasteiger charge is -2.44. The van der Waals surface area contributed by atoms with Gasteiger partial charge in [0.1, 0.15) is 43.9 Å². The monoisotopic (exact) mass is 1060 g/mol. The lowest BCUT2D eigenvalue weighted by atomic mass is 9.54. The molecule has 0 bridgehead atoms. The largest absolute Gasteiger partial charge is 0.481 e. The molecule has 3 aliphatic carbocycles. The van der Waals surface area contributed by atoms with Gasteiger partial charge in [0, 0.05) is 31.5 Å². The fraction of sp³-hybridized carbons (Fsp3) is 0.827. The molecule has 10 N–H and O–H groups in total. The van der Waals surface area contributed by atoms with Gasteiger partial charge in [-0.2, -0.15) is 0 Å². The van der Waals surface area contributed by atoms with Crippen molar-refractivity contribution >= 4 is 53.5 Å². The minimum absolute atomic E-state index is 0.0142. The first-order valence-electron chi connectivity index (χ1n) is 26.1. The Morgan fingerprint density at radius 2 is 0.905 bits per heavy atom. The van der Waals surface area contributed by atoms with Crippen LogP contribution < -0.4 is 10.6 Å². The van der Waals surface area contributed by atoms with E-state index < -0.39 is 106 Å². The Kier molecular flexibility index (Phi) is 29.0. The number of ketones is 1. The van der Waals surface area contributed by atoms with Gasteiger partial charge in [-0.15, -0.1) is 0 Å². The summed E-state index contributed by atoms with van der Waals surface area (Å²) in [5.74, 6) is -14.5. The van der Waals surface area contributed by atoms with Crippen LogP contribution in [0.4, 0.5) is 0 Å². The van der Waals surface area contributed by atoms with E-state index in [9.17, 15) is 73.8 Å². The third kappa shape index (κ3) is 22.6. The molecule has 22 heteroatoms. The van der Waals surface area contributed by atoms with Crippen molar-refractivity contribution in [1.29, 1.82) is 0 Å². The second kappa shape index (κ2) is 32.0. The van der Waals surface area contributed by atoms with E-state index in [1.54, 1.807) is 34.6 Å². The molecule has 3 rings (SSSR count). The number of aliphatic hydroxyl groups is 3. The van der Waals surface area contributed by atoms with E-state index in [2.05, 4.69) is 10.6 Å². The van der Waals surface area contributed by atoms with Gasteiger partial charge in [0.05, 0.1) is 46.0 Å². The Bertz CT molecular complexity index is 1820. The fourth-order valence-corrected chi connectivity index (χ4v) is 8.43. The molecule has 3 aliphatic rings. The van der Waals surface area contributed by atoms with Crippen LogP contribution in [0.25, 0.3) is 0 Å². The molecule has 0 saturated heterocycles. The second-order valence-corrected chi connectivity index (χ2v) is 21.9. The van der Waals surface area contributed by atoms with Gasteiger partial charge in [0.25, 0.3) is 0 Å². The minimum Gasteiger partial charge on any atom is -0.481 e. The van der Waals surface area contributed by atoms with Crippen molar-refractivity contribution in [2.75, 3.05) is 32.9 Å². The number of carbonyl (C=O) groups is 9. The number of hydrogen-bond acceptors (Lipinski definition) is 17. The third-order valence-corrected chi connectivity index (χ3v) is 14.9. The van der Waals surface area contributed by atoms with Gasteiger partial charge in [-0.25, -0.2) is 0 Å². The van der Waals surface area contributed by atoms with Gasteiger partial charge in [0.15, 0.2) is 0 Å². The quantitative estimate of drug-likeness (QED) is 0.0368. The summed E-state index contributed by atoms with van der Waals surface area (Å²) < 4.78 is 15.3. The highest BCUT2D eigenvalue weighted by molar-refractivity contribution is 5.98. The zero-order chi connectivity index (χ0) is 56.7. The van der Waals surface area contributed by atoms with Gasteiger partial charge in [-0.1, -0.05) is 52.9 Å². The molecular formula is C52H88N2O20. The van der Waals surface area contributed by atoms with Crippen LogP contribution in [0, 0.1) is 51.8 Å². The zero-order valence-corrected chi connectivity index (χ0v) is 45.0. The normalized spacial score (nSPS) is 22.8. The van der Waals surface area contributed by atoms with Crippen molar-refractivity contribution in [1.82, 2.24) is 10.6 Å². The molecule has 6 unspecified atom stereocenters. The standard InChI is InChI=1S/C18H33NO5.C18H26O10.C16H29NO5/c1-4-18(2,3)17(23)24-12-14(20)11-19-15(16(21)22)10-13-8-6-5-7-9-13;1-4-18(2,3)17(27)28-7-8(19)5-6-9(20)10-11(14(21)22)13(16(25)26)12(10)15(23)24;1-4-16(2,3)15(21)22-10-13(18)9-17-12-7-5-11(6-8-12)14(19)20/h13-15,19-20H,4-12H2,1-3H3,(H,21,22);8,10-13,19H,4-7H2,1-3H3,(H,21,22)(H,23,24)(H,25,26);11-13,17-18H,4-10H2,1-3H3,(H,19,20). The summed E-state index contributed by atoms with van der Waals surface area (Å²) in [7, 11) is 0. The van der Waals surface area contributed by atoms with Crippen LogP contribution in [0.3, 0.4) is 0 Å². The number of rotatable bonds is 29. The van der Waals surface area contributed by atoms with Gasteiger partial charge >= 0.3 is 47.8 Å². The van der Waals surface area contributed by atoms with Crippen LogP contribution in [0.1, 0.15) is 159 Å². The summed E-state index contributed by atoms with van der Waals surface area (Å²) >= 11 is 0. The Morgan fingerprint density at radius 3 is 1.28 bits per heavy atom. The first-order valence-corrected chi connectivity index (χ1v) is 26.1. The summed E-state index contributed by atoms with van der Waals surface area (Å²) in [5.41, 5.74) is -1.82. The summed E-state index contributed by atoms with van der Waals surface area (Å²) in [6.45, 7) is 16.2. The molecule has 426 valence electrons. The number of aliphatic hydroxyl groups excluding tert-OH is 3. The number of carboxylic acids is 5. The number of nitrogens with one attached hydrogen (secondary N) is 2. The van der Waals surface area contributed by atoms with E-state index in [4.69, 9.17) is 24.4 Å². The average Bonchev–Trinajstić information content (AvgIpc) is 3.33. The van der Waals surface area contributed by atoms with Crippen LogP contribution in [0.5, 0.6) is 0 Å². The van der Waals surface area contributed by atoms with Crippen molar-refractivity contribution < 1.29 is 98.2 Å². The molecule has 0 radical (unpaired) electrons. The molecule has 3 fully saturated rings. The van der Waals surface area contributed by atoms with Crippen molar-refractivity contribution in [3.8, 4) is 0 Å². The number of esters is 3. The van der Waals surface area contributed by atoms with E-state index in [1.165, 1.54) is 19.3 Å². The number of hydrogen-bond donors (Lipinski definition) is 10. The predicted octanol–water partition coefficient (Wildman–Crippen LogP) is 4.31. The van der Waals surface area contributed by atoms with Crippen LogP contribution in [0.15, 0.2) is 0 Å². The highest BCUT2D eigenvalue weighted by Gasteiger charge is 2.63. The molecule has 0 heterocycles. The fourth-order valence-electron chi connectivity index (χ4n) is 8.43. The first-order chi connectivity index (χ1) is 34.4. The number of carbonyl (C=O) groups excluding carboxylic acids is 4. The van der Waals surface area contributed by atoms with E-state index >= 15 is 0 Å². The lowest BCUT2D eigenvalue weighted by Crippen LogP contribution is -2.59. The molecule has 6 atom stereocenters. The summed E-state index contributed by atoms with van der Waals surface area (Å²) in [6.07, 6.45) is 7.75. The molecule has 74 heavy (non-hydrogen) atoms. The molecule has 22 nitrogen and oxygen atoms in total. The number of Topliss-reactive ketones (excluding diaryl/α,β-unsaturated/α-hetero) is 1. The highest BCUT2D eigenvalue weighted by atomic mass is 16.6. The van der Waals surface area contributed by atoms with Crippen LogP contribution in [0.2, 0.25) is 0 Å². The minimum atomic E-state index is -1.69. The van der Waals surface area contributed by atoms with Crippen molar-refractivity contribution in [3.63, 3.8) is 0 Å². The second-order valence-electron chi connectivity index (χ2n) is 21.9. The molecule has 3 saturated carbocycles. The van der Waals surface area contributed by atoms with Gasteiger partial charge in [-0.05, 0) is 105 Å². The molecule has 0 aromatic rings. The summed E-state index contributed by atoms with van der Waals surface area (Å²) in [5, 5.41) is 81.5. The topological polar surface area (TPSA) is 367 Å². The lowest BCUT2D eigenvalue weighted by molar-refractivity contribution is -0.186. The van der Waals surface area contributed by atoms with Gasteiger partial charge in [-0.3, -0.25) is 43.2 Å². The van der Waals surface area contributed by atoms with Crippen LogP contribution in [-0.2, 0) is 57.4 Å². The van der Waals surface area contributed by atoms with E-state index in [0.29, 0.717) is 51.0 Å². The maximum Gasteiger partial charge on any atom is 0.320 e. The number of carboxylic acid groups (broad SMARTS) is 5.